The van der Waals surface area contributed by atoms with Crippen molar-refractivity contribution in [1.82, 2.24) is 30.5 Å². The van der Waals surface area contributed by atoms with Crippen LogP contribution in [0.1, 0.15) is 31.7 Å². The quantitative estimate of drug-likeness (QED) is 0.854. The van der Waals surface area contributed by atoms with Crippen molar-refractivity contribution in [3.63, 3.8) is 0 Å². The number of aryl methyl sites for hydroxylation is 1. The molecule has 134 valence electrons. The maximum Gasteiger partial charge on any atom is 0.319 e. The van der Waals surface area contributed by atoms with Crippen molar-refractivity contribution >= 4 is 17.5 Å². The Morgan fingerprint density at radius 1 is 1.40 bits per heavy atom. The van der Waals surface area contributed by atoms with Gasteiger partial charge in [0.1, 0.15) is 5.82 Å². The van der Waals surface area contributed by atoms with Gasteiger partial charge in [-0.25, -0.2) is 9.78 Å². The van der Waals surface area contributed by atoms with E-state index in [9.17, 15) is 4.79 Å². The van der Waals surface area contributed by atoms with Crippen molar-refractivity contribution in [2.45, 2.75) is 45.7 Å². The second kappa shape index (κ2) is 7.91. The number of hydrogen-bond acceptors (Lipinski definition) is 6. The van der Waals surface area contributed by atoms with Gasteiger partial charge in [-0.05, 0) is 50.0 Å². The molecule has 0 unspecified atom stereocenters. The second-order valence-corrected chi connectivity index (χ2v) is 6.32. The molecule has 9 nitrogen and oxygen atoms in total. The van der Waals surface area contributed by atoms with Gasteiger partial charge in [0.25, 0.3) is 0 Å². The molecule has 0 saturated carbocycles. The summed E-state index contributed by atoms with van der Waals surface area (Å²) in [4.78, 5) is 20.3. The van der Waals surface area contributed by atoms with Crippen molar-refractivity contribution < 1.29 is 4.79 Å². The molecule has 0 radical (unpaired) electrons. The second-order valence-electron chi connectivity index (χ2n) is 6.32. The smallest absolute Gasteiger partial charge is 0.319 e. The lowest BCUT2D eigenvalue weighted by Gasteiger charge is -2.35. The lowest BCUT2D eigenvalue weighted by Crippen LogP contribution is -2.38. The number of nitrogens with zero attached hydrogens (tertiary/aromatic N) is 6. The SMILES string of the molecule is Cc1cc(NC(=O)NCCn2ncnn2)cnc1N1CCCC[C@H]1C. The van der Waals surface area contributed by atoms with Gasteiger partial charge in [-0.15, -0.1) is 10.2 Å². The van der Waals surface area contributed by atoms with Crippen molar-refractivity contribution in [1.29, 1.82) is 0 Å². The third kappa shape index (κ3) is 4.43. The van der Waals surface area contributed by atoms with E-state index < -0.39 is 0 Å². The number of anilines is 2. The molecule has 3 rings (SSSR count). The fourth-order valence-electron chi connectivity index (χ4n) is 3.09. The summed E-state index contributed by atoms with van der Waals surface area (Å²) in [6.45, 7) is 6.19. The van der Waals surface area contributed by atoms with Gasteiger partial charge < -0.3 is 15.5 Å². The van der Waals surface area contributed by atoms with Crippen LogP contribution in [-0.4, -0.2) is 50.4 Å². The predicted octanol–water partition coefficient (Wildman–Crippen LogP) is 1.58. The summed E-state index contributed by atoms with van der Waals surface area (Å²) < 4.78 is 0. The topological polar surface area (TPSA) is 101 Å². The number of amides is 2. The number of tetrazole rings is 1. The lowest BCUT2D eigenvalue weighted by atomic mass is 10.0. The Kier molecular flexibility index (Phi) is 5.42. The number of aromatic nitrogens is 5. The highest BCUT2D eigenvalue weighted by Crippen LogP contribution is 2.27. The van der Waals surface area contributed by atoms with E-state index in [-0.39, 0.29) is 6.03 Å². The van der Waals surface area contributed by atoms with Crippen molar-refractivity contribution in [3.8, 4) is 0 Å². The Hall–Kier alpha value is -2.71. The van der Waals surface area contributed by atoms with Crippen molar-refractivity contribution in [2.24, 2.45) is 0 Å². The maximum atomic E-state index is 12.0. The van der Waals surface area contributed by atoms with Crippen molar-refractivity contribution in [2.75, 3.05) is 23.3 Å². The zero-order valence-corrected chi connectivity index (χ0v) is 14.6. The Balaban J connectivity index is 1.54. The molecule has 3 heterocycles. The van der Waals surface area contributed by atoms with E-state index in [2.05, 4.69) is 42.9 Å². The number of pyridine rings is 1. The van der Waals surface area contributed by atoms with Gasteiger partial charge in [0, 0.05) is 19.1 Å². The molecule has 1 aliphatic heterocycles. The van der Waals surface area contributed by atoms with Gasteiger partial charge in [-0.3, -0.25) is 0 Å². The van der Waals surface area contributed by atoms with Crippen LogP contribution in [0.4, 0.5) is 16.3 Å². The molecule has 2 aromatic rings. The highest BCUT2D eigenvalue weighted by atomic mass is 16.2. The summed E-state index contributed by atoms with van der Waals surface area (Å²) in [5.41, 5.74) is 1.75. The van der Waals surface area contributed by atoms with E-state index in [1.54, 1.807) is 6.20 Å². The minimum absolute atomic E-state index is 0.277. The molecule has 0 spiro atoms. The van der Waals surface area contributed by atoms with Crippen LogP contribution in [0.3, 0.4) is 0 Å². The molecule has 1 aliphatic rings. The summed E-state index contributed by atoms with van der Waals surface area (Å²) in [6, 6.07) is 2.19. The molecule has 1 atom stereocenters. The number of urea groups is 1. The Bertz CT molecular complexity index is 702. The average molecular weight is 344 g/mol. The minimum Gasteiger partial charge on any atom is -0.354 e. The summed E-state index contributed by atoms with van der Waals surface area (Å²) in [5.74, 6) is 1.01. The number of rotatable bonds is 5. The first-order valence-electron chi connectivity index (χ1n) is 8.62. The van der Waals surface area contributed by atoms with Crippen LogP contribution >= 0.6 is 0 Å². The van der Waals surface area contributed by atoms with Crippen LogP contribution < -0.4 is 15.5 Å². The molecular weight excluding hydrogens is 320 g/mol. The fraction of sp³-hybridized carbons (Fsp3) is 0.562. The number of nitrogens with one attached hydrogen (secondary N) is 2. The predicted molar refractivity (Wildman–Crippen MR) is 94.5 cm³/mol. The normalized spacial score (nSPS) is 17.4. The number of hydrogen-bond donors (Lipinski definition) is 2. The molecule has 1 fully saturated rings. The third-order valence-corrected chi connectivity index (χ3v) is 4.37. The maximum absolute atomic E-state index is 12.0. The van der Waals surface area contributed by atoms with Crippen molar-refractivity contribution in [3.05, 3.63) is 24.2 Å². The first-order chi connectivity index (χ1) is 12.1. The van der Waals surface area contributed by atoms with Gasteiger partial charge in [0.05, 0.1) is 18.4 Å². The molecule has 1 saturated heterocycles. The molecule has 0 bridgehead atoms. The molecule has 2 N–H and O–H groups in total. The van der Waals surface area contributed by atoms with Gasteiger partial charge >= 0.3 is 6.03 Å². The van der Waals surface area contributed by atoms with Crippen LogP contribution in [0, 0.1) is 6.92 Å². The third-order valence-electron chi connectivity index (χ3n) is 4.37. The molecule has 2 amide bonds. The van der Waals surface area contributed by atoms with E-state index in [0.29, 0.717) is 24.8 Å². The monoisotopic (exact) mass is 344 g/mol. The van der Waals surface area contributed by atoms with Crippen LogP contribution in [0.2, 0.25) is 0 Å². The van der Waals surface area contributed by atoms with E-state index in [1.807, 2.05) is 13.0 Å². The molecule has 0 aromatic carbocycles. The standard InChI is InChI=1S/C16H24N8O/c1-12-9-14(10-18-15(12)23-7-4-3-5-13(23)2)21-16(25)17-6-8-24-20-11-19-22-24/h9-11,13H,3-8H2,1-2H3,(H2,17,21,25)/t13-/m1/s1. The van der Waals surface area contributed by atoms with Gasteiger partial charge in [0.2, 0.25) is 0 Å². The zero-order valence-electron chi connectivity index (χ0n) is 14.6. The highest BCUT2D eigenvalue weighted by molar-refractivity contribution is 5.89. The number of carbonyl (C=O) groups excluding carboxylic acids is 1. The van der Waals surface area contributed by atoms with E-state index >= 15 is 0 Å². The van der Waals surface area contributed by atoms with Gasteiger partial charge in [-0.2, -0.15) is 4.80 Å². The summed E-state index contributed by atoms with van der Waals surface area (Å²) >= 11 is 0. The Morgan fingerprint density at radius 3 is 3.00 bits per heavy atom. The minimum atomic E-state index is -0.277. The average Bonchev–Trinajstić information content (AvgIpc) is 3.09. The van der Waals surface area contributed by atoms with E-state index in [0.717, 1.165) is 17.9 Å². The lowest BCUT2D eigenvalue weighted by molar-refractivity contribution is 0.251. The first-order valence-corrected chi connectivity index (χ1v) is 8.62. The van der Waals surface area contributed by atoms with Crippen LogP contribution in [0.5, 0.6) is 0 Å². The Morgan fingerprint density at radius 2 is 2.28 bits per heavy atom. The van der Waals surface area contributed by atoms with E-state index in [4.69, 9.17) is 0 Å². The summed E-state index contributed by atoms with van der Waals surface area (Å²) in [6.07, 6.45) is 6.75. The Labute approximate surface area is 146 Å². The first kappa shape index (κ1) is 17.1. The van der Waals surface area contributed by atoms with Crippen LogP contribution in [-0.2, 0) is 6.54 Å². The van der Waals surface area contributed by atoms with Crippen LogP contribution in [0.25, 0.3) is 0 Å². The van der Waals surface area contributed by atoms with Crippen LogP contribution in [0.15, 0.2) is 18.6 Å². The summed E-state index contributed by atoms with van der Waals surface area (Å²) in [5, 5.41) is 16.8. The number of piperidine rings is 1. The van der Waals surface area contributed by atoms with Gasteiger partial charge in [-0.1, -0.05) is 0 Å². The zero-order chi connectivity index (χ0) is 17.6. The molecular formula is C16H24N8O. The molecule has 2 aromatic heterocycles. The molecule has 0 aliphatic carbocycles. The largest absolute Gasteiger partial charge is 0.354 e. The summed E-state index contributed by atoms with van der Waals surface area (Å²) in [7, 11) is 0. The van der Waals surface area contributed by atoms with Gasteiger partial charge in [0.15, 0.2) is 6.33 Å². The van der Waals surface area contributed by atoms with E-state index in [1.165, 1.54) is 30.4 Å². The number of carbonyl (C=O) groups is 1. The molecule has 9 heteroatoms. The highest BCUT2D eigenvalue weighted by Gasteiger charge is 2.21. The molecule has 25 heavy (non-hydrogen) atoms. The fourth-order valence-corrected chi connectivity index (χ4v) is 3.09.